The molecule has 0 atom stereocenters. The molecule has 0 aliphatic carbocycles. The van der Waals surface area contributed by atoms with E-state index in [0.29, 0.717) is 24.1 Å². The molecule has 0 N–H and O–H groups in total. The minimum absolute atomic E-state index is 0.346. The van der Waals surface area contributed by atoms with Gasteiger partial charge in [-0.1, -0.05) is 12.2 Å². The largest absolute Gasteiger partial charge is 0.371 e. The highest BCUT2D eigenvalue weighted by atomic mass is 19.1. The number of anilines is 1. The van der Waals surface area contributed by atoms with Crippen molar-refractivity contribution in [3.8, 4) is 0 Å². The zero-order valence-electron chi connectivity index (χ0n) is 8.96. The number of benzene rings is 1. The van der Waals surface area contributed by atoms with Gasteiger partial charge in [0, 0.05) is 24.8 Å². The summed E-state index contributed by atoms with van der Waals surface area (Å²) in [5, 5.41) is 0. The van der Waals surface area contributed by atoms with Crippen molar-refractivity contribution in [1.29, 1.82) is 0 Å². The third kappa shape index (κ3) is 3.20. The van der Waals surface area contributed by atoms with Crippen LogP contribution in [0, 0.1) is 5.82 Å². The first-order valence-corrected chi connectivity index (χ1v) is 4.64. The lowest BCUT2D eigenvalue weighted by Gasteiger charge is -2.19. The van der Waals surface area contributed by atoms with Crippen molar-refractivity contribution in [3.05, 3.63) is 41.7 Å². The molecule has 0 fully saturated rings. The lowest BCUT2D eigenvalue weighted by Crippen LogP contribution is -2.19. The molecule has 0 unspecified atom stereocenters. The Kier molecular flexibility index (Phi) is 3.61. The number of rotatable bonds is 4. The van der Waals surface area contributed by atoms with Crippen LogP contribution in [0.15, 0.2) is 30.4 Å². The van der Waals surface area contributed by atoms with Crippen molar-refractivity contribution in [1.82, 2.24) is 0 Å². The van der Waals surface area contributed by atoms with Gasteiger partial charge in [0.05, 0.1) is 0 Å². The second-order valence-corrected chi connectivity index (χ2v) is 3.67. The van der Waals surface area contributed by atoms with Gasteiger partial charge in [-0.3, -0.25) is 4.79 Å². The molecule has 1 aromatic carbocycles. The Morgan fingerprint density at radius 3 is 2.73 bits per heavy atom. The van der Waals surface area contributed by atoms with E-state index in [-0.39, 0.29) is 0 Å². The summed E-state index contributed by atoms with van der Waals surface area (Å²) in [6.45, 7) is 6.32. The number of nitrogens with zero attached hydrogens (tertiary/aromatic N) is 1. The molecule has 3 heteroatoms. The summed E-state index contributed by atoms with van der Waals surface area (Å²) in [6.07, 6.45) is 0.640. The second-order valence-electron chi connectivity index (χ2n) is 3.67. The molecule has 0 aliphatic rings. The lowest BCUT2D eigenvalue weighted by atomic mass is 10.2. The first kappa shape index (κ1) is 11.4. The molecular formula is C12H14FNO. The van der Waals surface area contributed by atoms with E-state index in [9.17, 15) is 9.18 Å². The fourth-order valence-corrected chi connectivity index (χ4v) is 1.38. The van der Waals surface area contributed by atoms with Crippen LogP contribution in [0.4, 0.5) is 10.1 Å². The van der Waals surface area contributed by atoms with Gasteiger partial charge in [-0.2, -0.15) is 0 Å². The Morgan fingerprint density at radius 2 is 2.20 bits per heavy atom. The van der Waals surface area contributed by atoms with Gasteiger partial charge in [0.25, 0.3) is 0 Å². The Hall–Kier alpha value is -1.64. The summed E-state index contributed by atoms with van der Waals surface area (Å²) in [7, 11) is 1.83. The van der Waals surface area contributed by atoms with Crippen molar-refractivity contribution in [2.45, 2.75) is 6.92 Å². The van der Waals surface area contributed by atoms with Crippen molar-refractivity contribution < 1.29 is 9.18 Å². The first-order valence-electron chi connectivity index (χ1n) is 4.64. The van der Waals surface area contributed by atoms with Crippen LogP contribution in [0.5, 0.6) is 0 Å². The van der Waals surface area contributed by atoms with Gasteiger partial charge in [-0.15, -0.1) is 0 Å². The smallest absolute Gasteiger partial charge is 0.150 e. The summed E-state index contributed by atoms with van der Waals surface area (Å²) in [5.41, 5.74) is 2.01. The van der Waals surface area contributed by atoms with E-state index in [2.05, 4.69) is 6.58 Å². The molecule has 0 spiro atoms. The van der Waals surface area contributed by atoms with Crippen LogP contribution in [0.25, 0.3) is 0 Å². The Balaban J connectivity index is 2.97. The van der Waals surface area contributed by atoms with E-state index in [1.165, 1.54) is 12.1 Å². The van der Waals surface area contributed by atoms with E-state index in [1.54, 1.807) is 6.07 Å². The molecule has 1 aromatic rings. The number of hydrogen-bond acceptors (Lipinski definition) is 2. The molecule has 0 saturated heterocycles. The molecule has 1 rings (SSSR count). The normalized spacial score (nSPS) is 9.80. The van der Waals surface area contributed by atoms with Crippen molar-refractivity contribution in [2.24, 2.45) is 0 Å². The standard InChI is InChI=1S/C12H14FNO/c1-9(2)7-14(3)12-5-10(8-15)4-11(13)6-12/h4-6,8H,1,7H2,2-3H3. The van der Waals surface area contributed by atoms with Gasteiger partial charge < -0.3 is 4.90 Å². The molecule has 0 radical (unpaired) electrons. The molecule has 2 nitrogen and oxygen atoms in total. The lowest BCUT2D eigenvalue weighted by molar-refractivity contribution is 0.112. The van der Waals surface area contributed by atoms with Crippen LogP contribution < -0.4 is 4.90 Å². The number of likely N-dealkylation sites (N-methyl/N-ethyl adjacent to an activating group) is 1. The highest BCUT2D eigenvalue weighted by molar-refractivity contribution is 5.77. The van der Waals surface area contributed by atoms with E-state index in [0.717, 1.165) is 5.57 Å². The predicted molar refractivity (Wildman–Crippen MR) is 59.9 cm³/mol. The van der Waals surface area contributed by atoms with Gasteiger partial charge in [-0.25, -0.2) is 4.39 Å². The van der Waals surface area contributed by atoms with Crippen LogP contribution in [0.2, 0.25) is 0 Å². The Labute approximate surface area is 89.0 Å². The predicted octanol–water partition coefficient (Wildman–Crippen LogP) is 2.65. The molecular weight excluding hydrogens is 193 g/mol. The molecule has 0 bridgehead atoms. The van der Waals surface area contributed by atoms with E-state index < -0.39 is 5.82 Å². The van der Waals surface area contributed by atoms with Crippen molar-refractivity contribution >= 4 is 12.0 Å². The van der Waals surface area contributed by atoms with E-state index in [4.69, 9.17) is 0 Å². The highest BCUT2D eigenvalue weighted by Gasteiger charge is 2.04. The second kappa shape index (κ2) is 4.73. The third-order valence-corrected chi connectivity index (χ3v) is 1.99. The maximum Gasteiger partial charge on any atom is 0.150 e. The van der Waals surface area contributed by atoms with E-state index in [1.807, 2.05) is 18.9 Å². The SMILES string of the molecule is C=C(C)CN(C)c1cc(F)cc(C=O)c1. The average Bonchev–Trinajstić information content (AvgIpc) is 2.15. The van der Waals surface area contributed by atoms with Crippen molar-refractivity contribution in [3.63, 3.8) is 0 Å². The quantitative estimate of drug-likeness (QED) is 0.558. The van der Waals surface area contributed by atoms with E-state index >= 15 is 0 Å². The number of halogens is 1. The van der Waals surface area contributed by atoms with Crippen LogP contribution in [-0.4, -0.2) is 19.9 Å². The van der Waals surface area contributed by atoms with Gasteiger partial charge >= 0.3 is 0 Å². The van der Waals surface area contributed by atoms with Gasteiger partial charge in [0.2, 0.25) is 0 Å². The maximum absolute atomic E-state index is 13.1. The molecule has 15 heavy (non-hydrogen) atoms. The minimum Gasteiger partial charge on any atom is -0.371 e. The zero-order chi connectivity index (χ0) is 11.4. The summed E-state index contributed by atoms with van der Waals surface area (Å²) >= 11 is 0. The molecule has 0 saturated carbocycles. The van der Waals surface area contributed by atoms with Crippen LogP contribution in [-0.2, 0) is 0 Å². The molecule has 80 valence electrons. The number of hydrogen-bond donors (Lipinski definition) is 0. The highest BCUT2D eigenvalue weighted by Crippen LogP contribution is 2.17. The molecule has 0 aliphatic heterocycles. The molecule has 0 amide bonds. The van der Waals surface area contributed by atoms with Crippen LogP contribution in [0.3, 0.4) is 0 Å². The topological polar surface area (TPSA) is 20.3 Å². The number of aldehydes is 1. The van der Waals surface area contributed by atoms with Gasteiger partial charge in [-0.05, 0) is 25.1 Å². The third-order valence-electron chi connectivity index (χ3n) is 1.99. The monoisotopic (exact) mass is 207 g/mol. The van der Waals surface area contributed by atoms with Crippen LogP contribution in [0.1, 0.15) is 17.3 Å². The fourth-order valence-electron chi connectivity index (χ4n) is 1.38. The fraction of sp³-hybridized carbons (Fsp3) is 0.250. The van der Waals surface area contributed by atoms with Gasteiger partial charge in [0.1, 0.15) is 12.1 Å². The minimum atomic E-state index is -0.400. The first-order chi connectivity index (χ1) is 7.02. The zero-order valence-corrected chi connectivity index (χ0v) is 8.96. The van der Waals surface area contributed by atoms with Crippen molar-refractivity contribution in [2.75, 3.05) is 18.5 Å². The molecule has 0 aromatic heterocycles. The Morgan fingerprint density at radius 1 is 1.53 bits per heavy atom. The average molecular weight is 207 g/mol. The van der Waals surface area contributed by atoms with Gasteiger partial charge in [0.15, 0.2) is 0 Å². The summed E-state index contributed by atoms with van der Waals surface area (Å²) in [5.74, 6) is -0.400. The Bertz CT molecular complexity index is 387. The summed E-state index contributed by atoms with van der Waals surface area (Å²) in [6, 6.07) is 4.26. The van der Waals surface area contributed by atoms with Crippen LogP contribution >= 0.6 is 0 Å². The molecule has 0 heterocycles. The maximum atomic E-state index is 13.1. The summed E-state index contributed by atoms with van der Waals surface area (Å²) < 4.78 is 13.1. The summed E-state index contributed by atoms with van der Waals surface area (Å²) in [4.78, 5) is 12.4. The number of carbonyl (C=O) groups is 1. The number of carbonyl (C=O) groups excluding carboxylic acids is 1.